The molecule has 6 heteroatoms. The van der Waals surface area contributed by atoms with Gasteiger partial charge in [0.2, 0.25) is 0 Å². The number of carboxylic acids is 1. The van der Waals surface area contributed by atoms with E-state index in [0.29, 0.717) is 5.69 Å². The van der Waals surface area contributed by atoms with Crippen LogP contribution in [0.25, 0.3) is 0 Å². The Morgan fingerprint density at radius 1 is 1.21 bits per heavy atom. The quantitative estimate of drug-likeness (QED) is 0.785. The van der Waals surface area contributed by atoms with Gasteiger partial charge in [-0.05, 0) is 37.1 Å². The van der Waals surface area contributed by atoms with Gasteiger partial charge in [0, 0.05) is 5.69 Å². The van der Waals surface area contributed by atoms with Gasteiger partial charge in [-0.25, -0.2) is 9.78 Å². The molecule has 3 N–H and O–H groups in total. The Bertz CT molecular complexity index is 626. The lowest BCUT2D eigenvalue weighted by Gasteiger charge is -2.06. The first-order chi connectivity index (χ1) is 8.97. The number of H-pyrrole nitrogens is 1. The molecule has 0 aliphatic rings. The number of imidazole rings is 1. The number of aromatic amines is 1. The summed E-state index contributed by atoms with van der Waals surface area (Å²) >= 11 is 0. The number of rotatable bonds is 3. The molecule has 0 spiro atoms. The summed E-state index contributed by atoms with van der Waals surface area (Å²) in [6.45, 7) is 3.83. The molecule has 0 aliphatic heterocycles. The smallest absolute Gasteiger partial charge is 0.354 e. The van der Waals surface area contributed by atoms with E-state index >= 15 is 0 Å². The Balaban J connectivity index is 2.25. The number of aromatic nitrogens is 2. The van der Waals surface area contributed by atoms with Crippen molar-refractivity contribution < 1.29 is 14.7 Å². The van der Waals surface area contributed by atoms with Gasteiger partial charge in [-0.2, -0.15) is 0 Å². The van der Waals surface area contributed by atoms with Gasteiger partial charge in [-0.15, -0.1) is 0 Å². The number of hydrogen-bond acceptors (Lipinski definition) is 3. The topological polar surface area (TPSA) is 95.1 Å². The molecule has 1 aromatic carbocycles. The zero-order valence-electron chi connectivity index (χ0n) is 10.5. The zero-order valence-corrected chi connectivity index (χ0v) is 10.5. The molecule has 1 amide bonds. The van der Waals surface area contributed by atoms with Crippen LogP contribution in [0, 0.1) is 13.8 Å². The highest BCUT2D eigenvalue weighted by Crippen LogP contribution is 2.15. The second-order valence-corrected chi connectivity index (χ2v) is 4.26. The maximum atomic E-state index is 12.0. The van der Waals surface area contributed by atoms with E-state index in [1.807, 2.05) is 19.9 Å². The summed E-state index contributed by atoms with van der Waals surface area (Å²) < 4.78 is 0. The van der Waals surface area contributed by atoms with Crippen molar-refractivity contribution >= 4 is 17.6 Å². The lowest BCUT2D eigenvalue weighted by Crippen LogP contribution is -2.16. The summed E-state index contributed by atoms with van der Waals surface area (Å²) in [4.78, 5) is 29.0. The molecule has 98 valence electrons. The molecule has 0 bridgehead atoms. The Kier molecular flexibility index (Phi) is 3.33. The first-order valence-corrected chi connectivity index (χ1v) is 5.63. The van der Waals surface area contributed by atoms with E-state index in [9.17, 15) is 9.59 Å². The molecule has 1 aromatic heterocycles. The molecular weight excluding hydrogens is 246 g/mol. The van der Waals surface area contributed by atoms with Crippen LogP contribution >= 0.6 is 0 Å². The third kappa shape index (κ3) is 2.79. The highest BCUT2D eigenvalue weighted by atomic mass is 16.4. The van der Waals surface area contributed by atoms with Crippen molar-refractivity contribution in [2.45, 2.75) is 13.8 Å². The fraction of sp³-hybridized carbons (Fsp3) is 0.154. The highest BCUT2D eigenvalue weighted by molar-refractivity contribution is 6.08. The number of aryl methyl sites for hydroxylation is 2. The average Bonchev–Trinajstić information content (AvgIpc) is 2.75. The summed E-state index contributed by atoms with van der Waals surface area (Å²) in [5, 5.41) is 11.5. The van der Waals surface area contributed by atoms with E-state index in [0.717, 1.165) is 11.1 Å². The Morgan fingerprint density at radius 3 is 2.42 bits per heavy atom. The van der Waals surface area contributed by atoms with Gasteiger partial charge in [0.15, 0.2) is 11.4 Å². The van der Waals surface area contributed by atoms with E-state index < -0.39 is 11.9 Å². The summed E-state index contributed by atoms with van der Waals surface area (Å²) in [6.07, 6.45) is 1.18. The number of amides is 1. The minimum absolute atomic E-state index is 0.133. The summed E-state index contributed by atoms with van der Waals surface area (Å²) in [7, 11) is 0. The number of nitrogens with one attached hydrogen (secondary N) is 2. The fourth-order valence-electron chi connectivity index (χ4n) is 1.87. The number of aromatic carboxylic acids is 1. The van der Waals surface area contributed by atoms with Gasteiger partial charge in [0.05, 0.1) is 6.33 Å². The molecule has 19 heavy (non-hydrogen) atoms. The van der Waals surface area contributed by atoms with Crippen LogP contribution in [0.3, 0.4) is 0 Å². The molecule has 2 rings (SSSR count). The molecule has 0 saturated heterocycles. The Morgan fingerprint density at radius 2 is 1.84 bits per heavy atom. The maximum absolute atomic E-state index is 12.0. The SMILES string of the molecule is Cc1cc(C)cc(NC(=O)c2nc[nH]c2C(=O)O)c1. The van der Waals surface area contributed by atoms with Gasteiger partial charge < -0.3 is 15.4 Å². The Labute approximate surface area is 109 Å². The van der Waals surface area contributed by atoms with Gasteiger partial charge in [0.25, 0.3) is 5.91 Å². The van der Waals surface area contributed by atoms with E-state index in [2.05, 4.69) is 15.3 Å². The van der Waals surface area contributed by atoms with Crippen LogP contribution < -0.4 is 5.32 Å². The van der Waals surface area contributed by atoms with Crippen molar-refractivity contribution in [1.29, 1.82) is 0 Å². The largest absolute Gasteiger partial charge is 0.477 e. The normalized spacial score (nSPS) is 10.2. The maximum Gasteiger partial charge on any atom is 0.354 e. The highest BCUT2D eigenvalue weighted by Gasteiger charge is 2.19. The van der Waals surface area contributed by atoms with Gasteiger partial charge in [0.1, 0.15) is 0 Å². The van der Waals surface area contributed by atoms with E-state index in [1.54, 1.807) is 12.1 Å². The van der Waals surface area contributed by atoms with Crippen LogP contribution in [-0.4, -0.2) is 27.0 Å². The number of benzene rings is 1. The number of anilines is 1. The number of carbonyl (C=O) groups is 2. The first-order valence-electron chi connectivity index (χ1n) is 5.63. The minimum atomic E-state index is -1.22. The zero-order chi connectivity index (χ0) is 14.0. The second-order valence-electron chi connectivity index (χ2n) is 4.26. The van der Waals surface area contributed by atoms with E-state index in [-0.39, 0.29) is 11.4 Å². The Hall–Kier alpha value is -2.63. The lowest BCUT2D eigenvalue weighted by molar-refractivity contribution is 0.0686. The van der Waals surface area contributed by atoms with Crippen LogP contribution in [0.4, 0.5) is 5.69 Å². The van der Waals surface area contributed by atoms with Crippen molar-refractivity contribution in [2.24, 2.45) is 0 Å². The molecular formula is C13H13N3O3. The van der Waals surface area contributed by atoms with Crippen LogP contribution in [0.5, 0.6) is 0 Å². The van der Waals surface area contributed by atoms with Gasteiger partial charge in [-0.1, -0.05) is 6.07 Å². The van der Waals surface area contributed by atoms with Gasteiger partial charge >= 0.3 is 5.97 Å². The minimum Gasteiger partial charge on any atom is -0.477 e. The molecule has 2 aromatic rings. The summed E-state index contributed by atoms with van der Waals surface area (Å²) in [5.74, 6) is -1.77. The predicted molar refractivity (Wildman–Crippen MR) is 69.4 cm³/mol. The fourth-order valence-corrected chi connectivity index (χ4v) is 1.87. The molecule has 1 heterocycles. The van der Waals surface area contributed by atoms with Crippen LogP contribution in [0.2, 0.25) is 0 Å². The van der Waals surface area contributed by atoms with Crippen molar-refractivity contribution in [1.82, 2.24) is 9.97 Å². The van der Waals surface area contributed by atoms with Crippen molar-refractivity contribution in [2.75, 3.05) is 5.32 Å². The molecule has 0 aliphatic carbocycles. The van der Waals surface area contributed by atoms with Crippen molar-refractivity contribution in [3.8, 4) is 0 Å². The third-order valence-corrected chi connectivity index (χ3v) is 2.55. The van der Waals surface area contributed by atoms with Crippen molar-refractivity contribution in [3.05, 3.63) is 47.0 Å². The van der Waals surface area contributed by atoms with Crippen LogP contribution in [0.15, 0.2) is 24.5 Å². The van der Waals surface area contributed by atoms with Gasteiger partial charge in [-0.3, -0.25) is 4.79 Å². The van der Waals surface area contributed by atoms with Crippen LogP contribution in [0.1, 0.15) is 32.1 Å². The first kappa shape index (κ1) is 12.8. The predicted octanol–water partition coefficient (Wildman–Crippen LogP) is 1.98. The molecule has 6 nitrogen and oxygen atoms in total. The number of nitrogens with zero attached hydrogens (tertiary/aromatic N) is 1. The summed E-state index contributed by atoms with van der Waals surface area (Å²) in [6, 6.07) is 5.59. The third-order valence-electron chi connectivity index (χ3n) is 2.55. The van der Waals surface area contributed by atoms with Crippen molar-refractivity contribution in [3.63, 3.8) is 0 Å². The number of carboxylic acid groups (broad SMARTS) is 1. The lowest BCUT2D eigenvalue weighted by atomic mass is 10.1. The number of hydrogen-bond donors (Lipinski definition) is 3. The standard InChI is InChI=1S/C13H13N3O3/c1-7-3-8(2)5-9(4-7)16-12(17)10-11(13(18)19)15-6-14-10/h3-6H,1-2H3,(H,14,15)(H,16,17)(H,18,19). The molecule has 0 unspecified atom stereocenters. The second kappa shape index (κ2) is 4.93. The van der Waals surface area contributed by atoms with Crippen LogP contribution in [-0.2, 0) is 0 Å². The molecule has 0 fully saturated rings. The molecule has 0 atom stereocenters. The summed E-state index contributed by atoms with van der Waals surface area (Å²) in [5.41, 5.74) is 2.28. The average molecular weight is 259 g/mol. The van der Waals surface area contributed by atoms with E-state index in [1.165, 1.54) is 6.33 Å². The number of carbonyl (C=O) groups excluding carboxylic acids is 1. The monoisotopic (exact) mass is 259 g/mol. The molecule has 0 saturated carbocycles. The molecule has 0 radical (unpaired) electrons. The van der Waals surface area contributed by atoms with E-state index in [4.69, 9.17) is 5.11 Å².